The number of hydrogen-bond donors (Lipinski definition) is 3. The minimum Gasteiger partial charge on any atom is -0.475 e. The summed E-state index contributed by atoms with van der Waals surface area (Å²) in [5, 5.41) is 15.7. The molecule has 6 nitrogen and oxygen atoms in total. The van der Waals surface area contributed by atoms with Gasteiger partial charge in [-0.05, 0) is 30.2 Å². The molecular formula is C15H14F3N3O3S. The maximum Gasteiger partial charge on any atom is 0.490 e. The number of alkyl halides is 3. The fourth-order valence-electron chi connectivity index (χ4n) is 2.02. The van der Waals surface area contributed by atoms with Crippen molar-refractivity contribution in [2.45, 2.75) is 26.2 Å². The van der Waals surface area contributed by atoms with Crippen LogP contribution in [0.25, 0.3) is 0 Å². The number of benzene rings is 1. The zero-order chi connectivity index (χ0) is 18.6. The molecule has 3 N–H and O–H groups in total. The van der Waals surface area contributed by atoms with E-state index < -0.39 is 12.1 Å². The highest BCUT2D eigenvalue weighted by molar-refractivity contribution is 7.11. The van der Waals surface area contributed by atoms with E-state index >= 15 is 0 Å². The van der Waals surface area contributed by atoms with Crippen LogP contribution in [0.15, 0.2) is 23.6 Å². The van der Waals surface area contributed by atoms with Gasteiger partial charge in [-0.1, -0.05) is 6.07 Å². The Labute approximate surface area is 144 Å². The molecule has 1 amide bonds. The van der Waals surface area contributed by atoms with Crippen LogP contribution in [0.4, 0.5) is 18.9 Å². The molecule has 0 atom stereocenters. The van der Waals surface area contributed by atoms with Crippen molar-refractivity contribution in [3.8, 4) is 0 Å². The smallest absolute Gasteiger partial charge is 0.475 e. The van der Waals surface area contributed by atoms with E-state index in [0.29, 0.717) is 5.01 Å². The summed E-state index contributed by atoms with van der Waals surface area (Å²) in [7, 11) is 0. The van der Waals surface area contributed by atoms with Crippen LogP contribution in [0.1, 0.15) is 26.6 Å². The lowest BCUT2D eigenvalue weighted by atomic mass is 10.1. The maximum absolute atomic E-state index is 11.9. The molecule has 1 aromatic carbocycles. The fourth-order valence-corrected chi connectivity index (χ4v) is 2.71. The Morgan fingerprint density at radius 1 is 1.28 bits per heavy atom. The van der Waals surface area contributed by atoms with Gasteiger partial charge in [0.05, 0.1) is 0 Å². The highest BCUT2D eigenvalue weighted by Crippen LogP contribution is 2.21. The number of aryl methyl sites for hydroxylation is 1. The molecule has 25 heavy (non-hydrogen) atoms. The SMILES string of the molecule is Cc1csc(C(=O)Nc2ccc3c(c2)CNC3)n1.O=C(O)C(F)(F)F. The third-order valence-corrected chi connectivity index (χ3v) is 4.11. The summed E-state index contributed by atoms with van der Waals surface area (Å²) in [5.41, 5.74) is 4.26. The van der Waals surface area contributed by atoms with Gasteiger partial charge in [0.1, 0.15) is 0 Å². The Morgan fingerprint density at radius 2 is 1.92 bits per heavy atom. The number of carboxylic acid groups (broad SMARTS) is 1. The number of carboxylic acids is 1. The summed E-state index contributed by atoms with van der Waals surface area (Å²) in [6, 6.07) is 6.01. The summed E-state index contributed by atoms with van der Waals surface area (Å²) in [6.45, 7) is 3.67. The number of hydrogen-bond acceptors (Lipinski definition) is 5. The number of carbonyl (C=O) groups excluding carboxylic acids is 1. The second kappa shape index (κ2) is 7.62. The summed E-state index contributed by atoms with van der Waals surface area (Å²) in [6.07, 6.45) is -5.08. The van der Waals surface area contributed by atoms with E-state index in [2.05, 4.69) is 21.7 Å². The number of fused-ring (bicyclic) bond motifs is 1. The van der Waals surface area contributed by atoms with E-state index in [4.69, 9.17) is 9.90 Å². The highest BCUT2D eigenvalue weighted by atomic mass is 32.1. The number of aromatic nitrogens is 1. The van der Waals surface area contributed by atoms with Crippen LogP contribution in [0, 0.1) is 6.92 Å². The number of rotatable bonds is 2. The fraction of sp³-hybridized carbons (Fsp3) is 0.267. The van der Waals surface area contributed by atoms with Gasteiger partial charge in [-0.25, -0.2) is 9.78 Å². The van der Waals surface area contributed by atoms with Crippen LogP contribution < -0.4 is 10.6 Å². The van der Waals surface area contributed by atoms with Gasteiger partial charge in [0.15, 0.2) is 5.01 Å². The summed E-state index contributed by atoms with van der Waals surface area (Å²) >= 11 is 1.37. The number of thiazole rings is 1. The number of aliphatic carboxylic acids is 1. The topological polar surface area (TPSA) is 91.3 Å². The third-order valence-electron chi connectivity index (χ3n) is 3.15. The van der Waals surface area contributed by atoms with Crippen molar-refractivity contribution in [3.63, 3.8) is 0 Å². The molecular weight excluding hydrogens is 359 g/mol. The molecule has 10 heteroatoms. The summed E-state index contributed by atoms with van der Waals surface area (Å²) < 4.78 is 31.7. The minimum absolute atomic E-state index is 0.140. The molecule has 0 unspecified atom stereocenters. The van der Waals surface area contributed by atoms with Crippen molar-refractivity contribution in [2.24, 2.45) is 0 Å². The maximum atomic E-state index is 11.9. The van der Waals surface area contributed by atoms with Crippen LogP contribution in [0.5, 0.6) is 0 Å². The molecule has 1 aromatic heterocycles. The normalized spacial score (nSPS) is 12.8. The molecule has 3 rings (SSSR count). The number of amides is 1. The first kappa shape index (κ1) is 18.9. The van der Waals surface area contributed by atoms with Crippen molar-refractivity contribution < 1.29 is 27.9 Å². The molecule has 0 bridgehead atoms. The van der Waals surface area contributed by atoms with Gasteiger partial charge in [0.25, 0.3) is 5.91 Å². The van der Waals surface area contributed by atoms with Gasteiger partial charge in [0, 0.05) is 29.9 Å². The predicted molar refractivity (Wildman–Crippen MR) is 85.5 cm³/mol. The molecule has 0 saturated carbocycles. The van der Waals surface area contributed by atoms with Crippen LogP contribution in [-0.4, -0.2) is 28.1 Å². The Kier molecular flexibility index (Phi) is 5.75. The minimum atomic E-state index is -5.08. The monoisotopic (exact) mass is 373 g/mol. The number of halogens is 3. The number of carbonyl (C=O) groups is 2. The van der Waals surface area contributed by atoms with E-state index in [9.17, 15) is 18.0 Å². The average Bonchev–Trinajstić information content (AvgIpc) is 3.15. The van der Waals surface area contributed by atoms with E-state index in [-0.39, 0.29) is 5.91 Å². The van der Waals surface area contributed by atoms with E-state index in [1.807, 2.05) is 24.4 Å². The van der Waals surface area contributed by atoms with Crippen LogP contribution >= 0.6 is 11.3 Å². The predicted octanol–water partition coefficient (Wildman–Crippen LogP) is 2.94. The molecule has 1 aliphatic heterocycles. The Bertz CT molecular complexity index is 790. The first-order valence-corrected chi connectivity index (χ1v) is 7.91. The Morgan fingerprint density at radius 3 is 2.48 bits per heavy atom. The first-order valence-electron chi connectivity index (χ1n) is 7.03. The highest BCUT2D eigenvalue weighted by Gasteiger charge is 2.38. The molecule has 2 aromatic rings. The molecule has 0 radical (unpaired) electrons. The lowest BCUT2D eigenvalue weighted by Gasteiger charge is -2.05. The molecule has 0 aliphatic carbocycles. The number of anilines is 1. The summed E-state index contributed by atoms with van der Waals surface area (Å²) in [5.74, 6) is -2.90. The zero-order valence-corrected chi connectivity index (χ0v) is 13.8. The zero-order valence-electron chi connectivity index (χ0n) is 13.0. The number of nitrogens with zero attached hydrogens (tertiary/aromatic N) is 1. The van der Waals surface area contributed by atoms with Gasteiger partial charge in [-0.15, -0.1) is 11.3 Å². The van der Waals surface area contributed by atoms with Crippen LogP contribution in [0.2, 0.25) is 0 Å². The van der Waals surface area contributed by atoms with Gasteiger partial charge in [0.2, 0.25) is 0 Å². The Hall–Kier alpha value is -2.46. The van der Waals surface area contributed by atoms with Crippen molar-refractivity contribution in [3.05, 3.63) is 45.4 Å². The van der Waals surface area contributed by atoms with Gasteiger partial charge in [-0.2, -0.15) is 13.2 Å². The second-order valence-electron chi connectivity index (χ2n) is 5.14. The Balaban J connectivity index is 0.000000277. The molecule has 0 spiro atoms. The van der Waals surface area contributed by atoms with E-state index in [1.165, 1.54) is 22.5 Å². The number of nitrogens with one attached hydrogen (secondary N) is 2. The van der Waals surface area contributed by atoms with E-state index in [0.717, 1.165) is 24.5 Å². The summed E-state index contributed by atoms with van der Waals surface area (Å²) in [4.78, 5) is 25.0. The molecule has 1 aliphatic rings. The lowest BCUT2D eigenvalue weighted by molar-refractivity contribution is -0.192. The van der Waals surface area contributed by atoms with Crippen molar-refractivity contribution >= 4 is 28.9 Å². The standard InChI is InChI=1S/C13H13N3OS.C2HF3O2/c1-8-7-18-13(15-8)12(17)16-11-3-2-9-5-14-6-10(9)4-11;3-2(4,5)1(6)7/h2-4,7,14H,5-6H2,1H3,(H,16,17);(H,6,7). The molecule has 2 heterocycles. The lowest BCUT2D eigenvalue weighted by Crippen LogP contribution is -2.21. The third kappa shape index (κ3) is 5.26. The van der Waals surface area contributed by atoms with Gasteiger partial charge < -0.3 is 15.7 Å². The van der Waals surface area contributed by atoms with Crippen molar-refractivity contribution in [1.29, 1.82) is 0 Å². The van der Waals surface area contributed by atoms with E-state index in [1.54, 1.807) is 0 Å². The quantitative estimate of drug-likeness (QED) is 0.753. The molecule has 0 saturated heterocycles. The van der Waals surface area contributed by atoms with Crippen LogP contribution in [-0.2, 0) is 17.9 Å². The average molecular weight is 373 g/mol. The van der Waals surface area contributed by atoms with Gasteiger partial charge in [-0.3, -0.25) is 4.79 Å². The second-order valence-corrected chi connectivity index (χ2v) is 6.00. The van der Waals surface area contributed by atoms with Crippen molar-refractivity contribution in [2.75, 3.05) is 5.32 Å². The molecule has 0 fully saturated rings. The first-order chi connectivity index (χ1) is 11.7. The molecule has 134 valence electrons. The van der Waals surface area contributed by atoms with Crippen molar-refractivity contribution in [1.82, 2.24) is 10.3 Å². The van der Waals surface area contributed by atoms with Crippen LogP contribution in [0.3, 0.4) is 0 Å². The largest absolute Gasteiger partial charge is 0.490 e. The van der Waals surface area contributed by atoms with Gasteiger partial charge >= 0.3 is 12.1 Å².